The summed E-state index contributed by atoms with van der Waals surface area (Å²) in [5.74, 6) is 1.05. The second kappa shape index (κ2) is 5.69. The van der Waals surface area contributed by atoms with Gasteiger partial charge in [0.25, 0.3) is 5.91 Å². The molecule has 5 heteroatoms. The van der Waals surface area contributed by atoms with Crippen molar-refractivity contribution in [1.29, 1.82) is 0 Å². The Morgan fingerprint density at radius 1 is 1.40 bits per heavy atom. The lowest BCUT2D eigenvalue weighted by molar-refractivity contribution is -0.123. The van der Waals surface area contributed by atoms with Crippen molar-refractivity contribution in [3.63, 3.8) is 0 Å². The molecule has 5 nitrogen and oxygen atoms in total. The highest BCUT2D eigenvalue weighted by atomic mass is 16.5. The molecule has 20 heavy (non-hydrogen) atoms. The van der Waals surface area contributed by atoms with Gasteiger partial charge < -0.3 is 14.6 Å². The summed E-state index contributed by atoms with van der Waals surface area (Å²) < 4.78 is 7.54. The molecule has 1 aliphatic carbocycles. The maximum absolute atomic E-state index is 11.6. The first-order valence-electron chi connectivity index (χ1n) is 7.38. The highest BCUT2D eigenvalue weighted by Crippen LogP contribution is 2.31. The summed E-state index contributed by atoms with van der Waals surface area (Å²) in [5.41, 5.74) is 0.788. The fourth-order valence-corrected chi connectivity index (χ4v) is 2.89. The lowest BCUT2D eigenvalue weighted by atomic mass is 9.87. The van der Waals surface area contributed by atoms with Gasteiger partial charge in [-0.2, -0.15) is 0 Å². The molecule has 1 saturated carbocycles. The summed E-state index contributed by atoms with van der Waals surface area (Å²) >= 11 is 0. The SMILES string of the molecule is C[C@H]1CC[C@H](n2cnc(/C=C3\OCCNC3=O)c2)CC1. The van der Waals surface area contributed by atoms with E-state index in [0.717, 1.165) is 11.6 Å². The maximum Gasteiger partial charge on any atom is 0.286 e. The number of aromatic nitrogens is 2. The third-order valence-corrected chi connectivity index (χ3v) is 4.18. The van der Waals surface area contributed by atoms with Crippen LogP contribution in [-0.4, -0.2) is 28.6 Å². The number of rotatable bonds is 2. The molecule has 0 bridgehead atoms. The van der Waals surface area contributed by atoms with Gasteiger partial charge in [0.2, 0.25) is 0 Å². The molecule has 1 aromatic heterocycles. The van der Waals surface area contributed by atoms with Gasteiger partial charge in [0, 0.05) is 18.3 Å². The van der Waals surface area contributed by atoms with Crippen LogP contribution in [0.15, 0.2) is 18.3 Å². The van der Waals surface area contributed by atoms with E-state index in [0.29, 0.717) is 25.0 Å². The van der Waals surface area contributed by atoms with Gasteiger partial charge in [0.05, 0.1) is 18.6 Å². The zero-order valence-corrected chi connectivity index (χ0v) is 11.8. The Morgan fingerprint density at radius 3 is 2.95 bits per heavy atom. The van der Waals surface area contributed by atoms with Crippen LogP contribution in [0.1, 0.15) is 44.3 Å². The van der Waals surface area contributed by atoms with Crippen molar-refractivity contribution in [2.75, 3.05) is 13.2 Å². The third kappa shape index (κ3) is 2.86. The molecule has 0 radical (unpaired) electrons. The van der Waals surface area contributed by atoms with Crippen molar-refractivity contribution in [3.05, 3.63) is 24.0 Å². The number of carbonyl (C=O) groups excluding carboxylic acids is 1. The Hall–Kier alpha value is -1.78. The average molecular weight is 275 g/mol. The van der Waals surface area contributed by atoms with Crippen molar-refractivity contribution in [3.8, 4) is 0 Å². The number of morpholine rings is 1. The molecule has 1 aromatic rings. The van der Waals surface area contributed by atoms with Crippen molar-refractivity contribution in [2.45, 2.75) is 38.6 Å². The molecule has 0 spiro atoms. The lowest BCUT2D eigenvalue weighted by Gasteiger charge is -2.26. The fraction of sp³-hybridized carbons (Fsp3) is 0.600. The maximum atomic E-state index is 11.6. The summed E-state index contributed by atoms with van der Waals surface area (Å²) in [4.78, 5) is 16.0. The van der Waals surface area contributed by atoms with Crippen LogP contribution >= 0.6 is 0 Å². The molecule has 0 unspecified atom stereocenters. The van der Waals surface area contributed by atoms with Crippen molar-refractivity contribution < 1.29 is 9.53 Å². The van der Waals surface area contributed by atoms with Gasteiger partial charge in [-0.05, 0) is 31.6 Å². The molecule has 1 N–H and O–H groups in total. The number of nitrogens with one attached hydrogen (secondary N) is 1. The van der Waals surface area contributed by atoms with Gasteiger partial charge in [-0.25, -0.2) is 4.98 Å². The zero-order valence-electron chi connectivity index (χ0n) is 11.8. The van der Waals surface area contributed by atoms with Gasteiger partial charge in [-0.15, -0.1) is 0 Å². The number of hydrogen-bond donors (Lipinski definition) is 1. The second-order valence-electron chi connectivity index (χ2n) is 5.77. The van der Waals surface area contributed by atoms with Crippen LogP contribution in [0.5, 0.6) is 0 Å². The summed E-state index contributed by atoms with van der Waals surface area (Å²) in [6.45, 7) is 3.42. The molecule has 0 atom stereocenters. The van der Waals surface area contributed by atoms with E-state index < -0.39 is 0 Å². The quantitative estimate of drug-likeness (QED) is 0.841. The minimum atomic E-state index is -0.155. The normalized spacial score (nSPS) is 29.1. The Morgan fingerprint density at radius 2 is 2.20 bits per heavy atom. The van der Waals surface area contributed by atoms with E-state index in [1.54, 1.807) is 6.08 Å². The Kier molecular flexibility index (Phi) is 3.76. The largest absolute Gasteiger partial charge is 0.486 e. The van der Waals surface area contributed by atoms with Crippen molar-refractivity contribution in [1.82, 2.24) is 14.9 Å². The zero-order chi connectivity index (χ0) is 13.9. The first-order valence-corrected chi connectivity index (χ1v) is 7.38. The topological polar surface area (TPSA) is 56.1 Å². The number of carbonyl (C=O) groups is 1. The van der Waals surface area contributed by atoms with Gasteiger partial charge in [0.1, 0.15) is 6.61 Å². The van der Waals surface area contributed by atoms with Crippen LogP contribution < -0.4 is 5.32 Å². The third-order valence-electron chi connectivity index (χ3n) is 4.18. The summed E-state index contributed by atoms with van der Waals surface area (Å²) in [6.07, 6.45) is 10.6. The second-order valence-corrected chi connectivity index (χ2v) is 5.77. The molecule has 3 rings (SSSR count). The van der Waals surface area contributed by atoms with Crippen LogP contribution in [0.25, 0.3) is 6.08 Å². The molecule has 0 aromatic carbocycles. The first-order chi connectivity index (χ1) is 9.72. The Bertz CT molecular complexity index is 513. The van der Waals surface area contributed by atoms with Crippen LogP contribution in [0.3, 0.4) is 0 Å². The van der Waals surface area contributed by atoms with Crippen LogP contribution in [0.2, 0.25) is 0 Å². The Balaban J connectivity index is 1.70. The minimum Gasteiger partial charge on any atom is -0.486 e. The van der Waals surface area contributed by atoms with Crippen molar-refractivity contribution >= 4 is 12.0 Å². The average Bonchev–Trinajstić information content (AvgIpc) is 2.91. The fourth-order valence-electron chi connectivity index (χ4n) is 2.89. The predicted molar refractivity (Wildman–Crippen MR) is 75.8 cm³/mol. The summed E-state index contributed by atoms with van der Waals surface area (Å²) in [6, 6.07) is 0.548. The molecular formula is C15H21N3O2. The van der Waals surface area contributed by atoms with Gasteiger partial charge >= 0.3 is 0 Å². The van der Waals surface area contributed by atoms with Gasteiger partial charge in [-0.1, -0.05) is 6.92 Å². The van der Waals surface area contributed by atoms with Crippen LogP contribution in [0, 0.1) is 5.92 Å². The number of amides is 1. The monoisotopic (exact) mass is 275 g/mol. The van der Waals surface area contributed by atoms with E-state index in [1.165, 1.54) is 25.7 Å². The van der Waals surface area contributed by atoms with E-state index in [-0.39, 0.29) is 5.91 Å². The number of nitrogens with zero attached hydrogens (tertiary/aromatic N) is 2. The molecule has 2 fully saturated rings. The molecular weight excluding hydrogens is 254 g/mol. The molecule has 1 aliphatic heterocycles. The van der Waals surface area contributed by atoms with Gasteiger partial charge in [-0.3, -0.25) is 4.79 Å². The molecule has 1 amide bonds. The minimum absolute atomic E-state index is 0.155. The highest BCUT2D eigenvalue weighted by molar-refractivity contribution is 5.96. The molecule has 1 saturated heterocycles. The first kappa shape index (κ1) is 13.2. The standard InChI is InChI=1S/C15H21N3O2/c1-11-2-4-13(5-3-11)18-9-12(17-10-18)8-14-15(19)16-6-7-20-14/h8-11,13H,2-7H2,1H3,(H,16,19)/b14-8-/t11-,13-. The van der Waals surface area contributed by atoms with E-state index in [1.807, 2.05) is 12.5 Å². The number of hydrogen-bond acceptors (Lipinski definition) is 3. The van der Waals surface area contributed by atoms with E-state index in [4.69, 9.17) is 4.74 Å². The molecule has 2 aliphatic rings. The van der Waals surface area contributed by atoms with E-state index in [9.17, 15) is 4.79 Å². The van der Waals surface area contributed by atoms with Crippen LogP contribution in [-0.2, 0) is 9.53 Å². The predicted octanol–water partition coefficient (Wildman–Crippen LogP) is 2.12. The van der Waals surface area contributed by atoms with Gasteiger partial charge in [0.15, 0.2) is 5.76 Å². The van der Waals surface area contributed by atoms with Crippen molar-refractivity contribution in [2.24, 2.45) is 5.92 Å². The lowest BCUT2D eigenvalue weighted by Crippen LogP contribution is -2.34. The molecule has 2 heterocycles. The smallest absolute Gasteiger partial charge is 0.286 e. The van der Waals surface area contributed by atoms with Crippen LogP contribution in [0.4, 0.5) is 0 Å². The summed E-state index contributed by atoms with van der Waals surface area (Å²) in [7, 11) is 0. The number of ether oxygens (including phenoxy) is 1. The van der Waals surface area contributed by atoms with E-state index >= 15 is 0 Å². The Labute approximate surface area is 119 Å². The molecule has 108 valence electrons. The number of imidazole rings is 1. The highest BCUT2D eigenvalue weighted by Gasteiger charge is 2.20. The summed E-state index contributed by atoms with van der Waals surface area (Å²) in [5, 5.41) is 2.76. The van der Waals surface area contributed by atoms with E-state index in [2.05, 4.69) is 21.8 Å².